The lowest BCUT2D eigenvalue weighted by molar-refractivity contribution is 0.578. The summed E-state index contributed by atoms with van der Waals surface area (Å²) in [6.07, 6.45) is 10.3. The molecule has 0 atom stereocenters. The number of anilines is 2. The van der Waals surface area contributed by atoms with E-state index in [0.29, 0.717) is 0 Å². The molecule has 0 amide bonds. The summed E-state index contributed by atoms with van der Waals surface area (Å²) in [4.78, 5) is 5.05. The van der Waals surface area contributed by atoms with Crippen LogP contribution in [0.5, 0.6) is 0 Å². The topological polar surface area (TPSA) is 6.48 Å². The summed E-state index contributed by atoms with van der Waals surface area (Å²) in [5.74, 6) is 0. The van der Waals surface area contributed by atoms with Gasteiger partial charge in [0.1, 0.15) is 0 Å². The smallest absolute Gasteiger partial charge is 0.0366 e. The molecule has 142 valence electrons. The van der Waals surface area contributed by atoms with Gasteiger partial charge < -0.3 is 9.80 Å². The predicted molar refractivity (Wildman–Crippen MR) is 118 cm³/mol. The molecule has 2 aromatic rings. The Kier molecular flexibility index (Phi) is 5.81. The predicted octanol–water partition coefficient (Wildman–Crippen LogP) is 6.12. The highest BCUT2D eigenvalue weighted by Crippen LogP contribution is 2.29. The largest absolute Gasteiger partial charge is 0.372 e. The number of allylic oxidation sites excluding steroid dienone is 1. The molecule has 0 radical (unpaired) electrons. The maximum Gasteiger partial charge on any atom is 0.0366 e. The van der Waals surface area contributed by atoms with Crippen molar-refractivity contribution in [2.75, 3.05) is 36.0 Å². The number of hydrogen-bond donors (Lipinski definition) is 0. The van der Waals surface area contributed by atoms with Gasteiger partial charge in [-0.15, -0.1) is 0 Å². The molecule has 2 nitrogen and oxygen atoms in total. The Balaban J connectivity index is 1.49. The second-order valence-corrected chi connectivity index (χ2v) is 7.89. The van der Waals surface area contributed by atoms with E-state index < -0.39 is 0 Å². The van der Waals surface area contributed by atoms with E-state index in [0.717, 1.165) is 0 Å². The van der Waals surface area contributed by atoms with Crippen LogP contribution in [0.25, 0.3) is 5.57 Å². The van der Waals surface area contributed by atoms with Crippen LogP contribution in [0.2, 0.25) is 0 Å². The molecule has 2 aliphatic heterocycles. The molecule has 2 fully saturated rings. The third-order valence-corrected chi connectivity index (χ3v) is 6.09. The molecule has 0 aliphatic carbocycles. The van der Waals surface area contributed by atoms with Crippen LogP contribution in [0.4, 0.5) is 11.4 Å². The highest BCUT2D eigenvalue weighted by Gasteiger charge is 2.13. The molecule has 2 aromatic carbocycles. The molecule has 0 aromatic heterocycles. The Labute approximate surface area is 164 Å². The van der Waals surface area contributed by atoms with Gasteiger partial charge in [-0.05, 0) is 86.4 Å². The Hall–Kier alpha value is -2.22. The second-order valence-electron chi connectivity index (χ2n) is 7.89. The van der Waals surface area contributed by atoms with Gasteiger partial charge in [0.15, 0.2) is 0 Å². The van der Waals surface area contributed by atoms with Crippen molar-refractivity contribution in [3.63, 3.8) is 0 Å². The minimum Gasteiger partial charge on any atom is -0.372 e. The summed E-state index contributed by atoms with van der Waals surface area (Å²) in [7, 11) is 0. The number of piperidine rings is 2. The summed E-state index contributed by atoms with van der Waals surface area (Å²) >= 11 is 0. The van der Waals surface area contributed by atoms with Crippen molar-refractivity contribution in [2.24, 2.45) is 0 Å². The monoisotopic (exact) mass is 360 g/mol. The zero-order chi connectivity index (χ0) is 18.5. The summed E-state index contributed by atoms with van der Waals surface area (Å²) in [5, 5.41) is 0. The quantitative estimate of drug-likeness (QED) is 0.648. The molecule has 2 aliphatic rings. The van der Waals surface area contributed by atoms with Crippen LogP contribution in [0.1, 0.15) is 56.6 Å². The van der Waals surface area contributed by atoms with Gasteiger partial charge >= 0.3 is 0 Å². The van der Waals surface area contributed by atoms with Crippen molar-refractivity contribution in [1.82, 2.24) is 0 Å². The minimum atomic E-state index is 1.20. The molecule has 4 rings (SSSR count). The van der Waals surface area contributed by atoms with Gasteiger partial charge in [0, 0.05) is 37.6 Å². The van der Waals surface area contributed by atoms with Crippen LogP contribution in [-0.4, -0.2) is 26.2 Å². The van der Waals surface area contributed by atoms with Crippen molar-refractivity contribution >= 4 is 16.9 Å². The third-order valence-electron chi connectivity index (χ3n) is 6.09. The maximum atomic E-state index is 2.52. The lowest BCUT2D eigenvalue weighted by Crippen LogP contribution is -2.29. The molecular formula is C25H32N2. The van der Waals surface area contributed by atoms with E-state index in [-0.39, 0.29) is 0 Å². The second kappa shape index (κ2) is 8.65. The maximum absolute atomic E-state index is 2.52. The molecule has 0 bridgehead atoms. The molecule has 0 unspecified atom stereocenters. The lowest BCUT2D eigenvalue weighted by Gasteiger charge is -2.29. The van der Waals surface area contributed by atoms with Gasteiger partial charge in [0.25, 0.3) is 0 Å². The van der Waals surface area contributed by atoms with Crippen LogP contribution in [-0.2, 0) is 0 Å². The van der Waals surface area contributed by atoms with Gasteiger partial charge in [-0.1, -0.05) is 30.3 Å². The van der Waals surface area contributed by atoms with Crippen molar-refractivity contribution in [3.8, 4) is 0 Å². The first kappa shape index (κ1) is 18.2. The molecular weight excluding hydrogens is 328 g/mol. The molecule has 2 heterocycles. The van der Waals surface area contributed by atoms with E-state index >= 15 is 0 Å². The van der Waals surface area contributed by atoms with Crippen LogP contribution in [0, 0.1) is 0 Å². The zero-order valence-corrected chi connectivity index (χ0v) is 16.7. The lowest BCUT2D eigenvalue weighted by atomic mass is 9.96. The van der Waals surface area contributed by atoms with Crippen molar-refractivity contribution in [3.05, 3.63) is 65.7 Å². The number of hydrogen-bond acceptors (Lipinski definition) is 2. The van der Waals surface area contributed by atoms with E-state index in [4.69, 9.17) is 0 Å². The molecule has 0 N–H and O–H groups in total. The number of rotatable bonds is 4. The highest BCUT2D eigenvalue weighted by atomic mass is 15.1. The molecule has 0 spiro atoms. The van der Waals surface area contributed by atoms with Crippen LogP contribution >= 0.6 is 0 Å². The fourth-order valence-corrected chi connectivity index (χ4v) is 4.51. The fourth-order valence-electron chi connectivity index (χ4n) is 4.51. The van der Waals surface area contributed by atoms with Gasteiger partial charge in [-0.2, -0.15) is 0 Å². The first-order chi connectivity index (χ1) is 13.3. The Bertz CT molecular complexity index is 682. The van der Waals surface area contributed by atoms with Gasteiger partial charge in [-0.25, -0.2) is 0 Å². The van der Waals surface area contributed by atoms with Gasteiger partial charge in [-0.3, -0.25) is 0 Å². The van der Waals surface area contributed by atoms with E-state index in [1.165, 1.54) is 92.8 Å². The standard InChI is InChI=1S/C25H32N2/c1-2-25(21-9-13-23(14-10-21)26-17-5-3-6-18-26)22-11-15-24(16-12-22)27-19-7-4-8-20-27/h2,9-16H,3-8,17-20H2,1H3. The zero-order valence-electron chi connectivity index (χ0n) is 16.7. The van der Waals surface area contributed by atoms with Crippen LogP contribution in [0.15, 0.2) is 54.6 Å². The molecule has 2 saturated heterocycles. The Morgan fingerprint density at radius 2 is 0.963 bits per heavy atom. The SMILES string of the molecule is CC=C(c1ccc(N2CCCCC2)cc1)c1ccc(N2CCCCC2)cc1. The first-order valence-electron chi connectivity index (χ1n) is 10.7. The number of benzene rings is 2. The normalized spacial score (nSPS) is 17.7. The van der Waals surface area contributed by atoms with E-state index in [1.807, 2.05) is 0 Å². The third kappa shape index (κ3) is 4.21. The van der Waals surface area contributed by atoms with E-state index in [9.17, 15) is 0 Å². The van der Waals surface area contributed by atoms with Crippen LogP contribution in [0.3, 0.4) is 0 Å². The average Bonchev–Trinajstić information content (AvgIpc) is 2.76. The average molecular weight is 361 g/mol. The van der Waals surface area contributed by atoms with Crippen molar-refractivity contribution in [2.45, 2.75) is 45.4 Å². The highest BCUT2D eigenvalue weighted by molar-refractivity contribution is 5.81. The Morgan fingerprint density at radius 1 is 0.593 bits per heavy atom. The Morgan fingerprint density at radius 3 is 1.30 bits per heavy atom. The summed E-state index contributed by atoms with van der Waals surface area (Å²) < 4.78 is 0. The summed E-state index contributed by atoms with van der Waals surface area (Å²) in [6, 6.07) is 18.3. The minimum absolute atomic E-state index is 1.20. The molecule has 27 heavy (non-hydrogen) atoms. The molecule has 0 saturated carbocycles. The molecule has 2 heteroatoms. The fraction of sp³-hybridized carbons (Fsp3) is 0.440. The first-order valence-corrected chi connectivity index (χ1v) is 10.7. The van der Waals surface area contributed by atoms with E-state index in [1.54, 1.807) is 0 Å². The van der Waals surface area contributed by atoms with Crippen molar-refractivity contribution in [1.29, 1.82) is 0 Å². The number of nitrogens with zero attached hydrogens (tertiary/aromatic N) is 2. The summed E-state index contributed by atoms with van der Waals surface area (Å²) in [6.45, 7) is 6.95. The van der Waals surface area contributed by atoms with Crippen LogP contribution < -0.4 is 9.80 Å². The van der Waals surface area contributed by atoms with Crippen molar-refractivity contribution < 1.29 is 0 Å². The van der Waals surface area contributed by atoms with Gasteiger partial charge in [0.05, 0.1) is 0 Å². The van der Waals surface area contributed by atoms with Gasteiger partial charge in [0.2, 0.25) is 0 Å². The van der Waals surface area contributed by atoms with E-state index in [2.05, 4.69) is 71.3 Å². The summed E-state index contributed by atoms with van der Waals surface area (Å²) in [5.41, 5.74) is 6.68.